The third-order valence-electron chi connectivity index (χ3n) is 6.28. The van der Waals surface area contributed by atoms with Gasteiger partial charge in [0.15, 0.2) is 11.5 Å². The minimum Gasteiger partial charge on any atom is -0.493 e. The van der Waals surface area contributed by atoms with Crippen LogP contribution in [0.15, 0.2) is 42.5 Å². The minimum atomic E-state index is -1.10. The maximum absolute atomic E-state index is 13.4. The Morgan fingerprint density at radius 3 is 2.22 bits per heavy atom. The molecule has 0 fully saturated rings. The molecule has 1 amide bonds. The van der Waals surface area contributed by atoms with Gasteiger partial charge >= 0.3 is 11.9 Å². The number of carbonyl (C=O) groups is 3. The number of carboxylic acids is 1. The van der Waals surface area contributed by atoms with Crippen LogP contribution in [0.2, 0.25) is 0 Å². The number of aliphatic carboxylic acids is 1. The maximum Gasteiger partial charge on any atom is 0.326 e. The molecular formula is C26H33ClN2O7. The molecule has 1 aliphatic rings. The van der Waals surface area contributed by atoms with Gasteiger partial charge in [-0.3, -0.25) is 14.9 Å². The van der Waals surface area contributed by atoms with E-state index in [-0.39, 0.29) is 25.4 Å². The second kappa shape index (κ2) is 13.1. The first-order chi connectivity index (χ1) is 16.8. The highest BCUT2D eigenvalue weighted by Gasteiger charge is 2.38. The highest BCUT2D eigenvalue weighted by Crippen LogP contribution is 2.35. The maximum atomic E-state index is 13.4. The number of benzene rings is 2. The first-order valence-corrected chi connectivity index (χ1v) is 11.4. The molecule has 1 unspecified atom stereocenters. The average molecular weight is 521 g/mol. The number of hydrogen-bond acceptors (Lipinski definition) is 7. The summed E-state index contributed by atoms with van der Waals surface area (Å²) < 4.78 is 15.6. The zero-order valence-corrected chi connectivity index (χ0v) is 21.7. The number of amides is 1. The predicted octanol–water partition coefficient (Wildman–Crippen LogP) is 2.62. The largest absolute Gasteiger partial charge is 0.493 e. The van der Waals surface area contributed by atoms with Crippen molar-refractivity contribution >= 4 is 30.3 Å². The molecule has 0 radical (unpaired) electrons. The molecule has 0 saturated carbocycles. The molecule has 0 saturated heterocycles. The zero-order valence-electron chi connectivity index (χ0n) is 20.9. The second-order valence-electron chi connectivity index (χ2n) is 8.49. The summed E-state index contributed by atoms with van der Waals surface area (Å²) in [4.78, 5) is 39.2. The van der Waals surface area contributed by atoms with Gasteiger partial charge in [0.2, 0.25) is 5.91 Å². The Morgan fingerprint density at radius 1 is 1.06 bits per heavy atom. The van der Waals surface area contributed by atoms with Crippen molar-refractivity contribution in [2.75, 3.05) is 21.3 Å². The summed E-state index contributed by atoms with van der Waals surface area (Å²) in [5.74, 6) is -0.975. The average Bonchev–Trinajstić information content (AvgIpc) is 2.88. The number of methoxy groups -OCH3 is 3. The number of hydrogen-bond donors (Lipinski definition) is 2. The van der Waals surface area contributed by atoms with Crippen molar-refractivity contribution in [2.45, 2.75) is 50.9 Å². The number of halogens is 1. The molecule has 0 bridgehead atoms. The quantitative estimate of drug-likeness (QED) is 0.459. The fraction of sp³-hybridized carbons (Fsp3) is 0.423. The van der Waals surface area contributed by atoms with E-state index in [4.69, 9.17) is 14.2 Å². The molecule has 10 heteroatoms. The van der Waals surface area contributed by atoms with E-state index >= 15 is 0 Å². The van der Waals surface area contributed by atoms with Crippen molar-refractivity contribution in [1.29, 1.82) is 0 Å². The minimum absolute atomic E-state index is 0. The van der Waals surface area contributed by atoms with Crippen molar-refractivity contribution in [3.63, 3.8) is 0 Å². The molecule has 0 aromatic heterocycles. The lowest BCUT2D eigenvalue weighted by Gasteiger charge is -2.37. The van der Waals surface area contributed by atoms with Gasteiger partial charge in [-0.25, -0.2) is 4.79 Å². The van der Waals surface area contributed by atoms with Crippen LogP contribution in [0.25, 0.3) is 0 Å². The van der Waals surface area contributed by atoms with Crippen LogP contribution >= 0.6 is 12.4 Å². The number of ether oxygens (including phenoxy) is 3. The number of nitrogens with one attached hydrogen (secondary N) is 1. The molecule has 3 atom stereocenters. The van der Waals surface area contributed by atoms with E-state index in [1.165, 1.54) is 26.2 Å². The van der Waals surface area contributed by atoms with Crippen molar-refractivity contribution in [3.05, 3.63) is 59.2 Å². The molecule has 196 valence electrons. The SMILES string of the molecule is COC(=O)C(CCc1ccccc1)N[C@@H](C)C(=O)N1Cc2cc(OC)c(OC)cc2C[C@H]1C(=O)O.Cl. The lowest BCUT2D eigenvalue weighted by atomic mass is 9.92. The predicted molar refractivity (Wildman–Crippen MR) is 136 cm³/mol. The third-order valence-corrected chi connectivity index (χ3v) is 6.28. The Bertz CT molecular complexity index is 1060. The molecule has 9 nitrogen and oxygen atoms in total. The van der Waals surface area contributed by atoms with Gasteiger partial charge in [-0.1, -0.05) is 30.3 Å². The number of esters is 1. The van der Waals surface area contributed by atoms with E-state index in [0.717, 1.165) is 16.7 Å². The normalized spacial score (nSPS) is 16.1. The molecule has 1 aliphatic heterocycles. The smallest absolute Gasteiger partial charge is 0.326 e. The Balaban J connectivity index is 0.00000456. The fourth-order valence-corrected chi connectivity index (χ4v) is 4.35. The number of rotatable bonds is 10. The lowest BCUT2D eigenvalue weighted by Crippen LogP contribution is -2.56. The van der Waals surface area contributed by atoms with Crippen LogP contribution in [0.4, 0.5) is 0 Å². The van der Waals surface area contributed by atoms with Crippen molar-refractivity contribution in [3.8, 4) is 11.5 Å². The summed E-state index contributed by atoms with van der Waals surface area (Å²) in [5.41, 5.74) is 2.63. The molecule has 2 aromatic carbocycles. The number of carbonyl (C=O) groups excluding carboxylic acids is 2. The first kappa shape index (κ1) is 28.9. The standard InChI is InChI=1S/C26H32N2O7.ClH/c1-16(27-20(26(32)35-4)11-10-17-8-6-5-7-9-17)24(29)28-15-19-14-23(34-3)22(33-2)13-18(19)12-21(28)25(30)31;/h5-9,13-14,16,20-21,27H,10-12,15H2,1-4H3,(H,30,31);1H/t16-,20?,21-;/m0./s1. The molecule has 2 aromatic rings. The highest BCUT2D eigenvalue weighted by molar-refractivity contribution is 5.88. The van der Waals surface area contributed by atoms with Gasteiger partial charge in [0.05, 0.1) is 27.4 Å². The van der Waals surface area contributed by atoms with Gasteiger partial charge in [0.1, 0.15) is 12.1 Å². The van der Waals surface area contributed by atoms with Gasteiger partial charge in [-0.05, 0) is 48.6 Å². The highest BCUT2D eigenvalue weighted by atomic mass is 35.5. The summed E-state index contributed by atoms with van der Waals surface area (Å²) >= 11 is 0. The number of nitrogens with zero attached hydrogens (tertiary/aromatic N) is 1. The van der Waals surface area contributed by atoms with Crippen LogP contribution in [-0.2, 0) is 38.5 Å². The molecule has 0 aliphatic carbocycles. The van der Waals surface area contributed by atoms with Crippen LogP contribution in [0.3, 0.4) is 0 Å². The Kier molecular flexibility index (Phi) is 10.6. The Labute approximate surface area is 217 Å². The van der Waals surface area contributed by atoms with E-state index in [9.17, 15) is 19.5 Å². The van der Waals surface area contributed by atoms with Gasteiger partial charge in [-0.2, -0.15) is 0 Å². The summed E-state index contributed by atoms with van der Waals surface area (Å²) in [6.07, 6.45) is 1.18. The lowest BCUT2D eigenvalue weighted by molar-refractivity contribution is -0.153. The van der Waals surface area contributed by atoms with Crippen molar-refractivity contribution in [2.24, 2.45) is 0 Å². The van der Waals surface area contributed by atoms with E-state index in [0.29, 0.717) is 24.3 Å². The monoisotopic (exact) mass is 520 g/mol. The summed E-state index contributed by atoms with van der Waals surface area (Å²) in [6.45, 7) is 1.73. The fourth-order valence-electron chi connectivity index (χ4n) is 4.35. The van der Waals surface area contributed by atoms with E-state index < -0.39 is 36.0 Å². The van der Waals surface area contributed by atoms with Gasteiger partial charge < -0.3 is 24.2 Å². The molecule has 0 spiro atoms. The van der Waals surface area contributed by atoms with Crippen LogP contribution < -0.4 is 14.8 Å². The first-order valence-electron chi connectivity index (χ1n) is 11.4. The third kappa shape index (κ3) is 6.67. The van der Waals surface area contributed by atoms with Gasteiger partial charge in [0, 0.05) is 13.0 Å². The number of carboxylic acid groups (broad SMARTS) is 1. The van der Waals surface area contributed by atoms with Gasteiger partial charge in [0.25, 0.3) is 0 Å². The second-order valence-corrected chi connectivity index (χ2v) is 8.49. The van der Waals surface area contributed by atoms with E-state index in [1.807, 2.05) is 30.3 Å². The van der Waals surface area contributed by atoms with Crippen molar-refractivity contribution < 1.29 is 33.7 Å². The Morgan fingerprint density at radius 2 is 1.67 bits per heavy atom. The molecule has 3 rings (SSSR count). The molecule has 36 heavy (non-hydrogen) atoms. The van der Waals surface area contributed by atoms with E-state index in [1.54, 1.807) is 19.1 Å². The van der Waals surface area contributed by atoms with Crippen LogP contribution in [0.1, 0.15) is 30.0 Å². The number of fused-ring (bicyclic) bond motifs is 1. The van der Waals surface area contributed by atoms with Crippen LogP contribution in [-0.4, -0.2) is 67.3 Å². The van der Waals surface area contributed by atoms with Crippen LogP contribution in [0, 0.1) is 0 Å². The number of aryl methyl sites for hydroxylation is 1. The summed E-state index contributed by atoms with van der Waals surface area (Å²) in [5, 5.41) is 12.9. The summed E-state index contributed by atoms with van der Waals surface area (Å²) in [6, 6.07) is 10.7. The Hall–Kier alpha value is -3.30. The molecule has 1 heterocycles. The van der Waals surface area contributed by atoms with E-state index in [2.05, 4.69) is 5.32 Å². The molecule has 2 N–H and O–H groups in total. The topological polar surface area (TPSA) is 114 Å². The summed E-state index contributed by atoms with van der Waals surface area (Å²) in [7, 11) is 4.33. The van der Waals surface area contributed by atoms with Gasteiger partial charge in [-0.15, -0.1) is 12.4 Å². The van der Waals surface area contributed by atoms with Crippen molar-refractivity contribution in [1.82, 2.24) is 10.2 Å². The zero-order chi connectivity index (χ0) is 25.5. The van der Waals surface area contributed by atoms with Crippen LogP contribution in [0.5, 0.6) is 11.5 Å². The molecular weight excluding hydrogens is 488 g/mol.